The number of nitrogens with one attached hydrogen (secondary N) is 3. The Hall–Kier alpha value is -2.32. The Labute approximate surface area is 174 Å². The fourth-order valence-corrected chi connectivity index (χ4v) is 2.92. The summed E-state index contributed by atoms with van der Waals surface area (Å²) in [6, 6.07) is 7.75. The lowest BCUT2D eigenvalue weighted by Crippen LogP contribution is -2.48. The van der Waals surface area contributed by atoms with Crippen LogP contribution in [0.2, 0.25) is 0 Å². The minimum absolute atomic E-state index is 0.178. The third-order valence-corrected chi connectivity index (χ3v) is 4.37. The Kier molecular flexibility index (Phi) is 8.72. The van der Waals surface area contributed by atoms with Crippen LogP contribution in [-0.2, 0) is 15.9 Å². The highest BCUT2D eigenvalue weighted by Crippen LogP contribution is 2.13. The summed E-state index contributed by atoms with van der Waals surface area (Å²) < 4.78 is 11.0. The Balaban J connectivity index is 1.70. The number of anilines is 1. The fraction of sp³-hybridized carbons (Fsp3) is 0.619. The Morgan fingerprint density at radius 3 is 2.62 bits per heavy atom. The second-order valence-electron chi connectivity index (χ2n) is 8.21. The summed E-state index contributed by atoms with van der Waals surface area (Å²) >= 11 is 0. The van der Waals surface area contributed by atoms with E-state index < -0.39 is 11.7 Å². The zero-order valence-corrected chi connectivity index (χ0v) is 18.2. The second-order valence-corrected chi connectivity index (χ2v) is 8.21. The number of hydrogen-bond acceptors (Lipinski definition) is 5. The topological polar surface area (TPSA) is 87.2 Å². The molecular weight excluding hydrogens is 370 g/mol. The summed E-state index contributed by atoms with van der Waals surface area (Å²) in [5.41, 5.74) is 1.37. The first-order valence-electron chi connectivity index (χ1n) is 10.1. The van der Waals surface area contributed by atoms with Crippen molar-refractivity contribution in [3.63, 3.8) is 0 Å². The molecule has 1 saturated heterocycles. The van der Waals surface area contributed by atoms with Gasteiger partial charge in [0.1, 0.15) is 5.60 Å². The summed E-state index contributed by atoms with van der Waals surface area (Å²) in [7, 11) is 3.87. The normalized spacial score (nSPS) is 18.2. The van der Waals surface area contributed by atoms with Crippen LogP contribution in [0, 0.1) is 0 Å². The Morgan fingerprint density at radius 2 is 2.00 bits per heavy atom. The lowest BCUT2D eigenvalue weighted by atomic mass is 10.1. The molecule has 0 spiro atoms. The zero-order chi connectivity index (χ0) is 21.3. The van der Waals surface area contributed by atoms with Gasteiger partial charge in [0, 0.05) is 38.9 Å². The molecular formula is C21H35N5O3. The smallest absolute Gasteiger partial charge is 0.412 e. The Bertz CT molecular complexity index is 670. The van der Waals surface area contributed by atoms with Crippen LogP contribution in [0.3, 0.4) is 0 Å². The molecule has 2 rings (SSSR count). The Morgan fingerprint density at radius 1 is 1.28 bits per heavy atom. The van der Waals surface area contributed by atoms with Crippen LogP contribution in [0.25, 0.3) is 0 Å². The van der Waals surface area contributed by atoms with E-state index >= 15 is 0 Å². The maximum absolute atomic E-state index is 11.8. The number of guanidine groups is 1. The van der Waals surface area contributed by atoms with Crippen molar-refractivity contribution in [2.75, 3.05) is 52.2 Å². The van der Waals surface area contributed by atoms with Gasteiger partial charge >= 0.3 is 6.09 Å². The molecule has 8 nitrogen and oxygen atoms in total. The van der Waals surface area contributed by atoms with Gasteiger partial charge in [-0.15, -0.1) is 0 Å². The average Bonchev–Trinajstić information content (AvgIpc) is 2.64. The van der Waals surface area contributed by atoms with Gasteiger partial charge in [-0.25, -0.2) is 4.79 Å². The number of ether oxygens (including phenoxy) is 2. The van der Waals surface area contributed by atoms with Crippen LogP contribution in [0.5, 0.6) is 0 Å². The third-order valence-electron chi connectivity index (χ3n) is 4.37. The number of carbonyl (C=O) groups excluding carboxylic acids is 1. The summed E-state index contributed by atoms with van der Waals surface area (Å²) in [4.78, 5) is 18.3. The monoisotopic (exact) mass is 405 g/mol. The molecule has 1 amide bonds. The SMILES string of the molecule is CN=C(NCCc1ccc(NC(=O)OC(C)(C)C)cc1)NCC1CN(C)CCO1. The van der Waals surface area contributed by atoms with Crippen LogP contribution in [0.1, 0.15) is 26.3 Å². The highest BCUT2D eigenvalue weighted by atomic mass is 16.6. The quantitative estimate of drug-likeness (QED) is 0.496. The van der Waals surface area contributed by atoms with Crippen molar-refractivity contribution in [1.29, 1.82) is 0 Å². The van der Waals surface area contributed by atoms with Crippen molar-refractivity contribution in [3.8, 4) is 0 Å². The molecule has 0 radical (unpaired) electrons. The minimum atomic E-state index is -0.513. The molecule has 162 valence electrons. The molecule has 1 heterocycles. The summed E-state index contributed by atoms with van der Waals surface area (Å²) in [6.45, 7) is 9.68. The molecule has 0 aliphatic carbocycles. The van der Waals surface area contributed by atoms with E-state index in [0.717, 1.165) is 45.2 Å². The number of morpholine rings is 1. The standard InChI is InChI=1S/C21H35N5O3/c1-21(2,3)29-20(27)25-17-8-6-16(7-9-17)10-11-23-19(22-4)24-14-18-15-26(5)12-13-28-18/h6-9,18H,10-15H2,1-5H3,(H,25,27)(H2,22,23,24). The van der Waals surface area contributed by atoms with Crippen LogP contribution in [0.4, 0.5) is 10.5 Å². The molecule has 0 bridgehead atoms. The van der Waals surface area contributed by atoms with Gasteiger partial charge in [0.25, 0.3) is 0 Å². The number of hydrogen-bond donors (Lipinski definition) is 3. The molecule has 3 N–H and O–H groups in total. The van der Waals surface area contributed by atoms with Crippen molar-refractivity contribution >= 4 is 17.7 Å². The number of amides is 1. The van der Waals surface area contributed by atoms with Gasteiger partial charge in [0.05, 0.1) is 12.7 Å². The zero-order valence-electron chi connectivity index (χ0n) is 18.2. The fourth-order valence-electron chi connectivity index (χ4n) is 2.92. The number of aliphatic imine (C=N–C) groups is 1. The van der Waals surface area contributed by atoms with E-state index in [1.165, 1.54) is 5.56 Å². The predicted molar refractivity (Wildman–Crippen MR) is 117 cm³/mol. The van der Waals surface area contributed by atoms with Gasteiger partial charge in [-0.1, -0.05) is 12.1 Å². The van der Waals surface area contributed by atoms with E-state index in [1.54, 1.807) is 7.05 Å². The highest BCUT2D eigenvalue weighted by Gasteiger charge is 2.18. The lowest BCUT2D eigenvalue weighted by molar-refractivity contribution is -0.0161. The number of carbonyl (C=O) groups is 1. The first-order chi connectivity index (χ1) is 13.7. The first-order valence-corrected chi connectivity index (χ1v) is 10.1. The van der Waals surface area contributed by atoms with Gasteiger partial charge in [0.15, 0.2) is 5.96 Å². The minimum Gasteiger partial charge on any atom is -0.444 e. The molecule has 1 aromatic carbocycles. The molecule has 0 aromatic heterocycles. The van der Waals surface area contributed by atoms with Crippen LogP contribution in [0.15, 0.2) is 29.3 Å². The van der Waals surface area contributed by atoms with Crippen molar-refractivity contribution in [1.82, 2.24) is 15.5 Å². The number of nitrogens with zero attached hydrogens (tertiary/aromatic N) is 2. The second kappa shape index (κ2) is 11.0. The molecule has 1 aromatic rings. The van der Waals surface area contributed by atoms with E-state index in [1.807, 2.05) is 45.0 Å². The maximum atomic E-state index is 11.8. The molecule has 1 aliphatic rings. The van der Waals surface area contributed by atoms with E-state index in [9.17, 15) is 4.79 Å². The first kappa shape index (κ1) is 23.0. The maximum Gasteiger partial charge on any atom is 0.412 e. The molecule has 1 aliphatic heterocycles. The molecule has 29 heavy (non-hydrogen) atoms. The van der Waals surface area contributed by atoms with Gasteiger partial charge in [0.2, 0.25) is 0 Å². The summed E-state index contributed by atoms with van der Waals surface area (Å²) in [5.74, 6) is 0.769. The van der Waals surface area contributed by atoms with E-state index in [2.05, 4.69) is 32.9 Å². The molecule has 1 unspecified atom stereocenters. The number of rotatable bonds is 6. The highest BCUT2D eigenvalue weighted by molar-refractivity contribution is 5.84. The lowest BCUT2D eigenvalue weighted by Gasteiger charge is -2.30. The van der Waals surface area contributed by atoms with Crippen molar-refractivity contribution < 1.29 is 14.3 Å². The van der Waals surface area contributed by atoms with Gasteiger partial charge in [-0.2, -0.15) is 0 Å². The molecule has 0 saturated carbocycles. The molecule has 8 heteroatoms. The predicted octanol–water partition coefficient (Wildman–Crippen LogP) is 2.07. The average molecular weight is 406 g/mol. The molecule has 1 fully saturated rings. The summed E-state index contributed by atoms with van der Waals surface area (Å²) in [6.07, 6.45) is 0.572. The van der Waals surface area contributed by atoms with Crippen LogP contribution in [-0.4, -0.2) is 75.5 Å². The largest absolute Gasteiger partial charge is 0.444 e. The third kappa shape index (κ3) is 9.15. The van der Waals surface area contributed by atoms with E-state index in [0.29, 0.717) is 5.69 Å². The van der Waals surface area contributed by atoms with Crippen LogP contribution >= 0.6 is 0 Å². The van der Waals surface area contributed by atoms with E-state index in [-0.39, 0.29) is 6.10 Å². The van der Waals surface area contributed by atoms with E-state index in [4.69, 9.17) is 9.47 Å². The summed E-state index contributed by atoms with van der Waals surface area (Å²) in [5, 5.41) is 9.38. The number of benzene rings is 1. The molecule has 1 atom stereocenters. The van der Waals surface area contributed by atoms with Crippen molar-refractivity contribution in [2.24, 2.45) is 4.99 Å². The van der Waals surface area contributed by atoms with Gasteiger partial charge in [-0.05, 0) is 51.9 Å². The van der Waals surface area contributed by atoms with Crippen molar-refractivity contribution in [3.05, 3.63) is 29.8 Å². The number of likely N-dealkylation sites (N-methyl/N-ethyl adjacent to an activating group) is 1. The van der Waals surface area contributed by atoms with Crippen molar-refractivity contribution in [2.45, 2.75) is 38.9 Å². The van der Waals surface area contributed by atoms with Gasteiger partial charge < -0.3 is 25.0 Å². The van der Waals surface area contributed by atoms with Gasteiger partial charge in [-0.3, -0.25) is 10.3 Å². The van der Waals surface area contributed by atoms with Crippen LogP contribution < -0.4 is 16.0 Å².